The number of rotatable bonds is 5. The van der Waals surface area contributed by atoms with Gasteiger partial charge in [0.05, 0.1) is 17.9 Å². The molecule has 29 heavy (non-hydrogen) atoms. The van der Waals surface area contributed by atoms with Crippen LogP contribution < -0.4 is 10.2 Å². The van der Waals surface area contributed by atoms with Gasteiger partial charge in [-0.05, 0) is 36.8 Å². The van der Waals surface area contributed by atoms with Crippen molar-refractivity contribution in [2.24, 2.45) is 0 Å². The molecule has 0 aliphatic carbocycles. The molecule has 1 N–H and O–H groups in total. The van der Waals surface area contributed by atoms with E-state index in [1.54, 1.807) is 23.1 Å². The number of benzene rings is 2. The molecule has 0 spiro atoms. The van der Waals surface area contributed by atoms with Gasteiger partial charge in [-0.15, -0.1) is 0 Å². The molecule has 1 amide bonds. The van der Waals surface area contributed by atoms with Crippen molar-refractivity contribution < 1.29 is 4.79 Å². The summed E-state index contributed by atoms with van der Waals surface area (Å²) in [5.41, 5.74) is 3.89. The van der Waals surface area contributed by atoms with Crippen molar-refractivity contribution in [2.45, 2.75) is 6.92 Å². The number of hydrogen-bond acceptors (Lipinski definition) is 5. The second-order valence-corrected chi connectivity index (χ2v) is 7.54. The quantitative estimate of drug-likeness (QED) is 0.700. The van der Waals surface area contributed by atoms with E-state index in [1.807, 2.05) is 6.07 Å². The average Bonchev–Trinajstić information content (AvgIpc) is 3.24. The molecular weight excluding hydrogens is 388 g/mol. The Balaban J connectivity index is 1.37. The zero-order chi connectivity index (χ0) is 20.2. The number of halogens is 1. The predicted molar refractivity (Wildman–Crippen MR) is 115 cm³/mol. The molecule has 0 bridgehead atoms. The van der Waals surface area contributed by atoms with E-state index in [4.69, 9.17) is 11.6 Å². The van der Waals surface area contributed by atoms with Crippen molar-refractivity contribution in [1.29, 1.82) is 0 Å². The lowest BCUT2D eigenvalue weighted by molar-refractivity contribution is -0.117. The number of carbonyl (C=O) groups is 1. The van der Waals surface area contributed by atoms with Crippen molar-refractivity contribution in [3.63, 3.8) is 0 Å². The molecule has 1 aliphatic rings. The summed E-state index contributed by atoms with van der Waals surface area (Å²) in [6, 6.07) is 13.7. The summed E-state index contributed by atoms with van der Waals surface area (Å²) in [7, 11) is 0. The third-order valence-electron chi connectivity index (χ3n) is 5.09. The minimum atomic E-state index is -0.0713. The number of nitrogens with zero attached hydrogens (tertiary/aromatic N) is 5. The van der Waals surface area contributed by atoms with Gasteiger partial charge in [-0.1, -0.05) is 29.8 Å². The summed E-state index contributed by atoms with van der Waals surface area (Å²) in [4.78, 5) is 21.2. The first-order valence-electron chi connectivity index (χ1n) is 9.57. The van der Waals surface area contributed by atoms with Crippen LogP contribution in [-0.4, -0.2) is 58.3 Å². The third kappa shape index (κ3) is 4.58. The maximum Gasteiger partial charge on any atom is 0.238 e. The summed E-state index contributed by atoms with van der Waals surface area (Å²) in [5, 5.41) is 7.66. The zero-order valence-electron chi connectivity index (χ0n) is 16.3. The first kappa shape index (κ1) is 19.4. The van der Waals surface area contributed by atoms with Crippen LogP contribution >= 0.6 is 11.6 Å². The molecule has 0 saturated carbocycles. The van der Waals surface area contributed by atoms with E-state index in [1.165, 1.54) is 17.6 Å². The van der Waals surface area contributed by atoms with E-state index in [-0.39, 0.29) is 5.91 Å². The topological polar surface area (TPSA) is 66.3 Å². The second kappa shape index (κ2) is 8.63. The number of nitrogens with one attached hydrogen (secondary N) is 1. The summed E-state index contributed by atoms with van der Waals surface area (Å²) < 4.78 is 1.60. The monoisotopic (exact) mass is 410 g/mol. The molecule has 1 aromatic heterocycles. The molecule has 1 fully saturated rings. The maximum atomic E-state index is 12.7. The van der Waals surface area contributed by atoms with Gasteiger partial charge in [0, 0.05) is 36.9 Å². The molecule has 0 radical (unpaired) electrons. The van der Waals surface area contributed by atoms with Gasteiger partial charge >= 0.3 is 0 Å². The van der Waals surface area contributed by atoms with Crippen LogP contribution in [0.5, 0.6) is 0 Å². The van der Waals surface area contributed by atoms with Crippen molar-refractivity contribution in [3.8, 4) is 5.69 Å². The van der Waals surface area contributed by atoms with E-state index in [2.05, 4.69) is 56.4 Å². The van der Waals surface area contributed by atoms with Crippen molar-refractivity contribution in [2.75, 3.05) is 42.9 Å². The van der Waals surface area contributed by atoms with E-state index < -0.39 is 0 Å². The van der Waals surface area contributed by atoms with Gasteiger partial charge in [0.1, 0.15) is 12.7 Å². The molecule has 7 nitrogen and oxygen atoms in total. The molecule has 3 aromatic rings. The zero-order valence-corrected chi connectivity index (χ0v) is 17.0. The lowest BCUT2D eigenvalue weighted by Crippen LogP contribution is -2.48. The minimum Gasteiger partial charge on any atom is -0.369 e. The van der Waals surface area contributed by atoms with Crippen LogP contribution in [0.2, 0.25) is 5.02 Å². The van der Waals surface area contributed by atoms with Gasteiger partial charge < -0.3 is 10.2 Å². The number of para-hydroxylation sites is 1. The van der Waals surface area contributed by atoms with Gasteiger partial charge in [-0.2, -0.15) is 5.10 Å². The largest absolute Gasteiger partial charge is 0.369 e. The summed E-state index contributed by atoms with van der Waals surface area (Å²) in [6.07, 6.45) is 3.04. The van der Waals surface area contributed by atoms with Crippen LogP contribution in [0.1, 0.15) is 5.56 Å². The maximum absolute atomic E-state index is 12.7. The van der Waals surface area contributed by atoms with Gasteiger partial charge in [-0.3, -0.25) is 9.69 Å². The third-order valence-corrected chi connectivity index (χ3v) is 5.33. The Kier molecular flexibility index (Phi) is 5.78. The standard InChI is InChI=1S/C21H23ClN6O/c1-16-4-2-3-5-19(16)27-10-8-26(9-11-27)13-21(29)25-18-12-17(22)6-7-20(18)28-15-23-14-24-28/h2-7,12,14-15H,8-11,13H2,1H3,(H,25,29). The lowest BCUT2D eigenvalue weighted by atomic mass is 10.1. The Morgan fingerprint density at radius 1 is 1.10 bits per heavy atom. The van der Waals surface area contributed by atoms with Crippen LogP contribution in [0.3, 0.4) is 0 Å². The molecule has 8 heteroatoms. The Labute approximate surface area is 174 Å². The molecule has 0 unspecified atom stereocenters. The molecule has 0 atom stereocenters. The average molecular weight is 411 g/mol. The minimum absolute atomic E-state index is 0.0713. The van der Waals surface area contributed by atoms with Gasteiger partial charge in [0.25, 0.3) is 0 Å². The number of carbonyl (C=O) groups excluding carboxylic acids is 1. The normalized spacial score (nSPS) is 14.8. The SMILES string of the molecule is Cc1ccccc1N1CCN(CC(=O)Nc2cc(Cl)ccc2-n2cncn2)CC1. The number of piperazine rings is 1. The van der Waals surface area contributed by atoms with E-state index in [9.17, 15) is 4.79 Å². The van der Waals surface area contributed by atoms with Crippen molar-refractivity contribution in [1.82, 2.24) is 19.7 Å². The Hall–Kier alpha value is -2.90. The Morgan fingerprint density at radius 2 is 1.90 bits per heavy atom. The lowest BCUT2D eigenvalue weighted by Gasteiger charge is -2.36. The van der Waals surface area contributed by atoms with Crippen molar-refractivity contribution >= 4 is 28.9 Å². The number of anilines is 2. The fourth-order valence-electron chi connectivity index (χ4n) is 3.60. The van der Waals surface area contributed by atoms with Crippen molar-refractivity contribution in [3.05, 3.63) is 65.7 Å². The van der Waals surface area contributed by atoms with Crippen LogP contribution in [-0.2, 0) is 4.79 Å². The first-order chi connectivity index (χ1) is 14.1. The molecular formula is C21H23ClN6O. The Morgan fingerprint density at radius 3 is 2.62 bits per heavy atom. The number of aromatic nitrogens is 3. The first-order valence-corrected chi connectivity index (χ1v) is 9.95. The predicted octanol–water partition coefficient (Wildman–Crippen LogP) is 2.99. The van der Waals surface area contributed by atoms with Gasteiger partial charge in [-0.25, -0.2) is 9.67 Å². The van der Waals surface area contributed by atoms with E-state index in [0.717, 1.165) is 31.9 Å². The number of aryl methyl sites for hydroxylation is 1. The van der Waals surface area contributed by atoms with Gasteiger partial charge in [0.15, 0.2) is 0 Å². The summed E-state index contributed by atoms with van der Waals surface area (Å²) in [5.74, 6) is -0.0713. The molecule has 2 aromatic carbocycles. The van der Waals surface area contributed by atoms with Crippen LogP contribution in [0.25, 0.3) is 5.69 Å². The van der Waals surface area contributed by atoms with Crippen LogP contribution in [0.4, 0.5) is 11.4 Å². The fourth-order valence-corrected chi connectivity index (χ4v) is 3.77. The molecule has 1 saturated heterocycles. The van der Waals surface area contributed by atoms with E-state index in [0.29, 0.717) is 17.3 Å². The number of hydrogen-bond donors (Lipinski definition) is 1. The molecule has 1 aliphatic heterocycles. The van der Waals surface area contributed by atoms with Gasteiger partial charge in [0.2, 0.25) is 5.91 Å². The molecule has 2 heterocycles. The highest BCUT2D eigenvalue weighted by Crippen LogP contribution is 2.24. The summed E-state index contributed by atoms with van der Waals surface area (Å²) >= 11 is 6.13. The highest BCUT2D eigenvalue weighted by Gasteiger charge is 2.20. The highest BCUT2D eigenvalue weighted by atomic mass is 35.5. The van der Waals surface area contributed by atoms with Crippen LogP contribution in [0, 0.1) is 6.92 Å². The Bertz CT molecular complexity index is 983. The molecule has 150 valence electrons. The fraction of sp³-hybridized carbons (Fsp3) is 0.286. The second-order valence-electron chi connectivity index (χ2n) is 7.10. The van der Waals surface area contributed by atoms with Crippen LogP contribution in [0.15, 0.2) is 55.1 Å². The summed E-state index contributed by atoms with van der Waals surface area (Å²) in [6.45, 7) is 5.96. The molecule has 4 rings (SSSR count). The van der Waals surface area contributed by atoms with E-state index >= 15 is 0 Å². The highest BCUT2D eigenvalue weighted by molar-refractivity contribution is 6.31. The number of amides is 1. The smallest absolute Gasteiger partial charge is 0.238 e.